The van der Waals surface area contributed by atoms with E-state index < -0.39 is 0 Å². The van der Waals surface area contributed by atoms with Crippen LogP contribution in [0, 0.1) is 0 Å². The molecule has 0 aliphatic rings. The molecule has 2 aromatic rings. The van der Waals surface area contributed by atoms with Crippen LogP contribution in [0.2, 0.25) is 0 Å². The Hall–Kier alpha value is -1.84. The van der Waals surface area contributed by atoms with Crippen molar-refractivity contribution in [1.29, 1.82) is 0 Å². The van der Waals surface area contributed by atoms with Crippen molar-refractivity contribution in [1.82, 2.24) is 4.90 Å². The summed E-state index contributed by atoms with van der Waals surface area (Å²) in [6.07, 6.45) is 0. The Labute approximate surface area is 121 Å². The average Bonchev–Trinajstić information content (AvgIpc) is 2.48. The van der Waals surface area contributed by atoms with Gasteiger partial charge in [0.1, 0.15) is 5.75 Å². The fourth-order valence-corrected chi connectivity index (χ4v) is 2.30. The molecule has 2 rings (SSSR count). The first kappa shape index (κ1) is 14.6. The van der Waals surface area contributed by atoms with Gasteiger partial charge in [0.05, 0.1) is 7.11 Å². The molecule has 0 heterocycles. The van der Waals surface area contributed by atoms with Crippen LogP contribution in [0.3, 0.4) is 0 Å². The number of methoxy groups -OCH3 is 1. The summed E-state index contributed by atoms with van der Waals surface area (Å²) >= 11 is 0. The third-order valence-corrected chi connectivity index (χ3v) is 3.39. The minimum absolute atomic E-state index is 0.590. The molecule has 0 spiro atoms. The molecule has 3 heteroatoms. The topological polar surface area (TPSA) is 38.5 Å². The lowest BCUT2D eigenvalue weighted by Gasteiger charge is -2.18. The smallest absolute Gasteiger partial charge is 0.118 e. The standard InChI is InChI=1S/C17H22N2O/c1-19(12-14-7-9-17(20-2)10-8-14)13-16-6-4-3-5-15(16)11-18/h3-10H,11-13,18H2,1-2H3. The monoisotopic (exact) mass is 270 g/mol. The van der Waals surface area contributed by atoms with Gasteiger partial charge < -0.3 is 10.5 Å². The lowest BCUT2D eigenvalue weighted by atomic mass is 10.1. The number of benzene rings is 2. The Morgan fingerprint density at radius 2 is 1.60 bits per heavy atom. The lowest BCUT2D eigenvalue weighted by Crippen LogP contribution is -2.18. The highest BCUT2D eigenvalue weighted by atomic mass is 16.5. The Morgan fingerprint density at radius 1 is 0.950 bits per heavy atom. The van der Waals surface area contributed by atoms with Crippen LogP contribution >= 0.6 is 0 Å². The van der Waals surface area contributed by atoms with E-state index in [1.807, 2.05) is 18.2 Å². The van der Waals surface area contributed by atoms with Crippen molar-refractivity contribution in [3.63, 3.8) is 0 Å². The summed E-state index contributed by atoms with van der Waals surface area (Å²) in [5, 5.41) is 0. The highest BCUT2D eigenvalue weighted by Crippen LogP contribution is 2.15. The summed E-state index contributed by atoms with van der Waals surface area (Å²) in [5.74, 6) is 0.893. The normalized spacial score (nSPS) is 10.8. The van der Waals surface area contributed by atoms with Gasteiger partial charge in [-0.3, -0.25) is 4.90 Å². The molecule has 0 bridgehead atoms. The number of hydrogen-bond donors (Lipinski definition) is 1. The van der Waals surface area contributed by atoms with Crippen LogP contribution in [0.5, 0.6) is 5.75 Å². The maximum absolute atomic E-state index is 5.78. The third kappa shape index (κ3) is 3.83. The predicted molar refractivity (Wildman–Crippen MR) is 82.5 cm³/mol. The highest BCUT2D eigenvalue weighted by molar-refractivity contribution is 5.28. The van der Waals surface area contributed by atoms with Crippen LogP contribution in [-0.2, 0) is 19.6 Å². The van der Waals surface area contributed by atoms with Crippen molar-refractivity contribution < 1.29 is 4.74 Å². The molecule has 0 fully saturated rings. The summed E-state index contributed by atoms with van der Waals surface area (Å²) in [6, 6.07) is 16.5. The largest absolute Gasteiger partial charge is 0.497 e. The molecule has 2 N–H and O–H groups in total. The molecule has 0 aromatic heterocycles. The van der Waals surface area contributed by atoms with E-state index in [1.165, 1.54) is 16.7 Å². The second-order valence-electron chi connectivity index (χ2n) is 4.99. The maximum atomic E-state index is 5.78. The SMILES string of the molecule is COc1ccc(CN(C)Cc2ccccc2CN)cc1. The Balaban J connectivity index is 1.99. The van der Waals surface area contributed by atoms with Crippen molar-refractivity contribution >= 4 is 0 Å². The van der Waals surface area contributed by atoms with E-state index in [-0.39, 0.29) is 0 Å². The van der Waals surface area contributed by atoms with Gasteiger partial charge >= 0.3 is 0 Å². The van der Waals surface area contributed by atoms with Crippen LogP contribution in [0.25, 0.3) is 0 Å². The molecule has 0 radical (unpaired) electrons. The minimum atomic E-state index is 0.590. The van der Waals surface area contributed by atoms with Crippen molar-refractivity contribution in [2.24, 2.45) is 5.73 Å². The molecule has 0 aliphatic heterocycles. The van der Waals surface area contributed by atoms with Gasteiger partial charge in [0.2, 0.25) is 0 Å². The molecular weight excluding hydrogens is 248 g/mol. The number of rotatable bonds is 6. The average molecular weight is 270 g/mol. The van der Waals surface area contributed by atoms with E-state index in [9.17, 15) is 0 Å². The van der Waals surface area contributed by atoms with Crippen molar-refractivity contribution in [3.8, 4) is 5.75 Å². The van der Waals surface area contributed by atoms with Crippen molar-refractivity contribution in [2.45, 2.75) is 19.6 Å². The van der Waals surface area contributed by atoms with Crippen molar-refractivity contribution in [2.75, 3.05) is 14.2 Å². The summed E-state index contributed by atoms with van der Waals surface area (Å²) in [7, 11) is 3.81. The van der Waals surface area contributed by atoms with E-state index >= 15 is 0 Å². The first-order valence-electron chi connectivity index (χ1n) is 6.81. The summed E-state index contributed by atoms with van der Waals surface area (Å²) in [4.78, 5) is 2.29. The van der Waals surface area contributed by atoms with Gasteiger partial charge in [-0.2, -0.15) is 0 Å². The van der Waals surface area contributed by atoms with Gasteiger partial charge in [0, 0.05) is 19.6 Å². The van der Waals surface area contributed by atoms with Crippen LogP contribution in [-0.4, -0.2) is 19.1 Å². The first-order valence-corrected chi connectivity index (χ1v) is 6.81. The summed E-state index contributed by atoms with van der Waals surface area (Å²) < 4.78 is 5.17. The second-order valence-corrected chi connectivity index (χ2v) is 4.99. The molecular formula is C17H22N2O. The number of hydrogen-bond acceptors (Lipinski definition) is 3. The molecule has 0 atom stereocenters. The first-order chi connectivity index (χ1) is 9.72. The molecule has 0 saturated heterocycles. The zero-order valence-electron chi connectivity index (χ0n) is 12.2. The zero-order valence-corrected chi connectivity index (χ0v) is 12.2. The number of nitrogens with zero attached hydrogens (tertiary/aromatic N) is 1. The maximum Gasteiger partial charge on any atom is 0.118 e. The van der Waals surface area contributed by atoms with Gasteiger partial charge in [-0.05, 0) is 35.9 Å². The Kier molecular flexibility index (Phi) is 5.16. The molecule has 20 heavy (non-hydrogen) atoms. The van der Waals surface area contributed by atoms with Crippen LogP contribution in [0.15, 0.2) is 48.5 Å². The van der Waals surface area contributed by atoms with Gasteiger partial charge in [-0.25, -0.2) is 0 Å². The van der Waals surface area contributed by atoms with Crippen molar-refractivity contribution in [3.05, 3.63) is 65.2 Å². The van der Waals surface area contributed by atoms with Crippen LogP contribution in [0.1, 0.15) is 16.7 Å². The second kappa shape index (κ2) is 7.08. The Bertz CT molecular complexity index is 537. The van der Waals surface area contributed by atoms with E-state index in [1.54, 1.807) is 7.11 Å². The number of ether oxygens (including phenoxy) is 1. The van der Waals surface area contributed by atoms with E-state index in [4.69, 9.17) is 10.5 Å². The molecule has 3 nitrogen and oxygen atoms in total. The van der Waals surface area contributed by atoms with E-state index in [0.717, 1.165) is 18.8 Å². The molecule has 0 unspecified atom stereocenters. The molecule has 0 saturated carbocycles. The predicted octanol–water partition coefficient (Wildman–Crippen LogP) is 2.79. The van der Waals surface area contributed by atoms with Gasteiger partial charge in [0.15, 0.2) is 0 Å². The van der Waals surface area contributed by atoms with E-state index in [0.29, 0.717) is 6.54 Å². The highest BCUT2D eigenvalue weighted by Gasteiger charge is 2.05. The summed E-state index contributed by atoms with van der Waals surface area (Å²) in [5.41, 5.74) is 9.57. The quantitative estimate of drug-likeness (QED) is 0.877. The van der Waals surface area contributed by atoms with Gasteiger partial charge in [-0.15, -0.1) is 0 Å². The van der Waals surface area contributed by atoms with Crippen LogP contribution in [0.4, 0.5) is 0 Å². The van der Waals surface area contributed by atoms with Gasteiger partial charge in [0.25, 0.3) is 0 Å². The summed E-state index contributed by atoms with van der Waals surface area (Å²) in [6.45, 7) is 2.40. The zero-order chi connectivity index (χ0) is 14.4. The molecule has 2 aromatic carbocycles. The molecule has 0 amide bonds. The van der Waals surface area contributed by atoms with Gasteiger partial charge in [-0.1, -0.05) is 36.4 Å². The molecule has 106 valence electrons. The third-order valence-electron chi connectivity index (χ3n) is 3.39. The van der Waals surface area contributed by atoms with E-state index in [2.05, 4.69) is 42.3 Å². The van der Waals surface area contributed by atoms with Crippen LogP contribution < -0.4 is 10.5 Å². The Morgan fingerprint density at radius 3 is 2.20 bits per heavy atom. The fourth-order valence-electron chi connectivity index (χ4n) is 2.30. The number of nitrogens with two attached hydrogens (primary N) is 1. The molecule has 0 aliphatic carbocycles. The fraction of sp³-hybridized carbons (Fsp3) is 0.294. The lowest BCUT2D eigenvalue weighted by molar-refractivity contribution is 0.318. The minimum Gasteiger partial charge on any atom is -0.497 e.